The van der Waals surface area contributed by atoms with Crippen molar-refractivity contribution in [3.8, 4) is 11.5 Å². The average Bonchev–Trinajstić information content (AvgIpc) is 3.17. The van der Waals surface area contributed by atoms with E-state index in [-0.39, 0.29) is 20.2 Å². The molecule has 28 heavy (non-hydrogen) atoms. The predicted molar refractivity (Wildman–Crippen MR) is 88.4 cm³/mol. The molecule has 0 saturated carbocycles. The number of halogens is 6. The molecule has 0 saturated heterocycles. The van der Waals surface area contributed by atoms with Gasteiger partial charge in [-0.1, -0.05) is 0 Å². The zero-order chi connectivity index (χ0) is 21.1. The lowest BCUT2D eigenvalue weighted by atomic mass is 10.2. The summed E-state index contributed by atoms with van der Waals surface area (Å²) in [6, 6.07) is 2.13. The molecule has 0 N–H and O–H groups in total. The van der Waals surface area contributed by atoms with E-state index in [1.807, 2.05) is 0 Å². The number of alkyl halides is 6. The number of benzene rings is 1. The predicted octanol–water partition coefficient (Wildman–Crippen LogP) is 4.57. The van der Waals surface area contributed by atoms with Gasteiger partial charge in [-0.05, 0) is 22.9 Å². The molecule has 2 heterocycles. The third-order valence-electron chi connectivity index (χ3n) is 3.19. The second kappa shape index (κ2) is 6.36. The van der Waals surface area contributed by atoms with E-state index in [0.29, 0.717) is 22.7 Å². The van der Waals surface area contributed by atoms with Gasteiger partial charge < -0.3 is 8.37 Å². The highest BCUT2D eigenvalue weighted by Crippen LogP contribution is 2.49. The molecular weight excluding hydrogens is 482 g/mol. The van der Waals surface area contributed by atoms with Crippen LogP contribution in [0.2, 0.25) is 0 Å². The van der Waals surface area contributed by atoms with E-state index in [2.05, 4.69) is 8.37 Å². The summed E-state index contributed by atoms with van der Waals surface area (Å²) < 4.78 is 129. The molecule has 0 atom stereocenters. The molecule has 16 heteroatoms. The standard InChI is InChI=1S/C12H4F6O6S4/c13-11(14,15)27(19,20)23-7-5-1-3-25-9(5)8(6-2-4-26-10(6)7)24-28(21,22)12(16,17)18/h1-4H. The van der Waals surface area contributed by atoms with E-state index in [1.165, 1.54) is 10.8 Å². The Hall–Kier alpha value is -1.78. The van der Waals surface area contributed by atoms with Crippen molar-refractivity contribution < 1.29 is 51.5 Å². The highest BCUT2D eigenvalue weighted by Gasteiger charge is 2.50. The van der Waals surface area contributed by atoms with Gasteiger partial charge >= 0.3 is 31.3 Å². The van der Waals surface area contributed by atoms with Crippen LogP contribution < -0.4 is 8.37 Å². The maximum atomic E-state index is 12.7. The van der Waals surface area contributed by atoms with E-state index in [4.69, 9.17) is 0 Å². The van der Waals surface area contributed by atoms with Crippen LogP contribution in [0.1, 0.15) is 0 Å². The fourth-order valence-electron chi connectivity index (χ4n) is 2.05. The Bertz CT molecular complexity index is 1120. The smallest absolute Gasteiger partial charge is 0.374 e. The molecule has 3 rings (SSSR count). The number of hydrogen-bond acceptors (Lipinski definition) is 8. The summed E-state index contributed by atoms with van der Waals surface area (Å²) in [5, 5.41) is 1.66. The zero-order valence-corrected chi connectivity index (χ0v) is 15.9. The Labute approximate surface area is 160 Å². The van der Waals surface area contributed by atoms with Crippen molar-refractivity contribution in [2.24, 2.45) is 0 Å². The average molecular weight is 486 g/mol. The maximum Gasteiger partial charge on any atom is 0.534 e. The van der Waals surface area contributed by atoms with Crippen LogP contribution in [-0.2, 0) is 20.2 Å². The first-order valence-corrected chi connectivity index (χ1v) is 11.1. The number of hydrogen-bond donors (Lipinski definition) is 0. The van der Waals surface area contributed by atoms with Gasteiger partial charge in [0, 0.05) is 10.8 Å². The van der Waals surface area contributed by atoms with E-state index < -0.39 is 42.8 Å². The van der Waals surface area contributed by atoms with Crippen LogP contribution in [0.4, 0.5) is 26.3 Å². The largest absolute Gasteiger partial charge is 0.534 e. The Morgan fingerprint density at radius 3 is 1.29 bits per heavy atom. The summed E-state index contributed by atoms with van der Waals surface area (Å²) >= 11 is 1.25. The van der Waals surface area contributed by atoms with E-state index in [0.717, 1.165) is 12.1 Å². The lowest BCUT2D eigenvalue weighted by Crippen LogP contribution is -2.28. The Morgan fingerprint density at radius 2 is 1.00 bits per heavy atom. The molecular formula is C12H4F6O6S4. The van der Waals surface area contributed by atoms with E-state index in [1.54, 1.807) is 0 Å². The van der Waals surface area contributed by atoms with Crippen LogP contribution in [0, 0.1) is 0 Å². The minimum Gasteiger partial charge on any atom is -0.374 e. The molecule has 0 radical (unpaired) electrons. The molecule has 1 aromatic carbocycles. The van der Waals surface area contributed by atoms with Gasteiger partial charge in [0.25, 0.3) is 0 Å². The van der Waals surface area contributed by atoms with Gasteiger partial charge in [-0.3, -0.25) is 0 Å². The SMILES string of the molecule is O=S(=O)(Oc1c2ccsc2c(OS(=O)(=O)C(F)(F)F)c2ccsc12)C(F)(F)F. The van der Waals surface area contributed by atoms with Gasteiger partial charge in [-0.25, -0.2) is 0 Å². The van der Waals surface area contributed by atoms with Crippen molar-refractivity contribution in [2.75, 3.05) is 0 Å². The van der Waals surface area contributed by atoms with E-state index in [9.17, 15) is 43.2 Å². The van der Waals surface area contributed by atoms with Crippen molar-refractivity contribution in [2.45, 2.75) is 11.0 Å². The highest BCUT2D eigenvalue weighted by molar-refractivity contribution is 7.88. The highest BCUT2D eigenvalue weighted by atomic mass is 32.2. The van der Waals surface area contributed by atoms with Gasteiger partial charge in [-0.15, -0.1) is 22.7 Å². The molecule has 0 aliphatic rings. The third kappa shape index (κ3) is 3.37. The molecule has 0 bridgehead atoms. The summed E-state index contributed by atoms with van der Waals surface area (Å²) in [6.45, 7) is 0. The summed E-state index contributed by atoms with van der Waals surface area (Å²) in [4.78, 5) is 0. The van der Waals surface area contributed by atoms with Crippen LogP contribution >= 0.6 is 22.7 Å². The number of rotatable bonds is 4. The number of fused-ring (bicyclic) bond motifs is 2. The minimum atomic E-state index is -6.09. The molecule has 0 aliphatic heterocycles. The van der Waals surface area contributed by atoms with Gasteiger partial charge in [0.1, 0.15) is 0 Å². The molecule has 0 aliphatic carbocycles. The molecule has 0 amide bonds. The first-order chi connectivity index (χ1) is 12.7. The lowest BCUT2D eigenvalue weighted by molar-refractivity contribution is -0.0504. The van der Waals surface area contributed by atoms with Crippen LogP contribution in [0.15, 0.2) is 22.9 Å². The third-order valence-corrected chi connectivity index (χ3v) is 6.92. The van der Waals surface area contributed by atoms with Gasteiger partial charge in [0.2, 0.25) is 0 Å². The molecule has 6 nitrogen and oxygen atoms in total. The Balaban J connectivity index is 2.29. The van der Waals surface area contributed by atoms with Crippen molar-refractivity contribution in [1.82, 2.24) is 0 Å². The molecule has 2 aromatic heterocycles. The van der Waals surface area contributed by atoms with Crippen LogP contribution in [0.25, 0.3) is 20.2 Å². The fraction of sp³-hybridized carbons (Fsp3) is 0.167. The zero-order valence-electron chi connectivity index (χ0n) is 12.7. The minimum absolute atomic E-state index is 0.342. The number of thiophene rings is 2. The maximum absolute atomic E-state index is 12.7. The quantitative estimate of drug-likeness (QED) is 0.305. The summed E-state index contributed by atoms with van der Waals surface area (Å²) in [5.74, 6) is -1.59. The van der Waals surface area contributed by atoms with Crippen LogP contribution in [0.3, 0.4) is 0 Å². The van der Waals surface area contributed by atoms with Gasteiger partial charge in [0.15, 0.2) is 11.5 Å². The summed E-state index contributed by atoms with van der Waals surface area (Å²) in [5.41, 5.74) is -11.5. The first kappa shape index (κ1) is 20.9. The summed E-state index contributed by atoms with van der Waals surface area (Å²) in [6.07, 6.45) is 0. The molecule has 3 aromatic rings. The Morgan fingerprint density at radius 1 is 0.679 bits per heavy atom. The van der Waals surface area contributed by atoms with Gasteiger partial charge in [-0.2, -0.15) is 43.2 Å². The second-order valence-corrected chi connectivity index (χ2v) is 9.86. The first-order valence-electron chi connectivity index (χ1n) is 6.57. The lowest BCUT2D eigenvalue weighted by Gasteiger charge is -2.14. The van der Waals surface area contributed by atoms with Crippen LogP contribution in [0.5, 0.6) is 11.5 Å². The van der Waals surface area contributed by atoms with Crippen molar-refractivity contribution in [3.05, 3.63) is 22.9 Å². The van der Waals surface area contributed by atoms with Crippen LogP contribution in [-0.4, -0.2) is 27.9 Å². The monoisotopic (exact) mass is 486 g/mol. The van der Waals surface area contributed by atoms with Crippen molar-refractivity contribution in [1.29, 1.82) is 0 Å². The topological polar surface area (TPSA) is 86.7 Å². The normalized spacial score (nSPS) is 13.9. The molecule has 0 spiro atoms. The fourth-order valence-corrected chi connectivity index (χ4v) is 4.90. The van der Waals surface area contributed by atoms with Crippen molar-refractivity contribution >= 4 is 63.1 Å². The second-order valence-electron chi connectivity index (χ2n) is 4.95. The molecule has 0 fully saturated rings. The Kier molecular flexibility index (Phi) is 4.76. The van der Waals surface area contributed by atoms with Gasteiger partial charge in [0.05, 0.1) is 9.40 Å². The summed E-state index contributed by atoms with van der Waals surface area (Å²) in [7, 11) is -12.2. The molecule has 0 unspecified atom stereocenters. The molecule has 154 valence electrons. The van der Waals surface area contributed by atoms with Crippen molar-refractivity contribution in [3.63, 3.8) is 0 Å². The van der Waals surface area contributed by atoms with E-state index >= 15 is 0 Å².